The van der Waals surface area contributed by atoms with E-state index in [-0.39, 0.29) is 31.8 Å². The van der Waals surface area contributed by atoms with E-state index < -0.39 is 97.6 Å². The zero-order valence-electron chi connectivity index (χ0n) is 23.8. The number of carboxylic acids is 2. The number of nitrogens with two attached hydrogens (primary N) is 3. The molecule has 0 unspecified atom stereocenters. The van der Waals surface area contributed by atoms with E-state index in [1.165, 1.54) is 13.8 Å². The normalized spacial score (nSPS) is 13.1. The molecule has 0 aliphatic carbocycles. The van der Waals surface area contributed by atoms with Gasteiger partial charge in [-0.2, -0.15) is 0 Å². The van der Waals surface area contributed by atoms with Gasteiger partial charge in [0.1, 0.15) is 30.7 Å². The minimum atomic E-state index is -1.44. The molecule has 0 radical (unpaired) electrons. The maximum Gasteiger partial charge on any atom is 0.322 e. The van der Waals surface area contributed by atoms with Gasteiger partial charge in [0.2, 0.25) is 35.4 Å². The van der Waals surface area contributed by atoms with Crippen molar-refractivity contribution >= 4 is 53.3 Å². The van der Waals surface area contributed by atoms with Crippen LogP contribution in [-0.2, 0) is 38.4 Å². The van der Waals surface area contributed by atoms with Crippen LogP contribution >= 0.6 is 0 Å². The molecule has 20 heteroatoms. The number of guanidine groups is 1. The van der Waals surface area contributed by atoms with Crippen LogP contribution in [0.15, 0.2) is 4.99 Å². The second-order valence-corrected chi connectivity index (χ2v) is 9.12. The second-order valence-electron chi connectivity index (χ2n) is 9.12. The number of rotatable bonds is 20. The van der Waals surface area contributed by atoms with Crippen LogP contribution in [0.1, 0.15) is 39.5 Å². The first-order valence-corrected chi connectivity index (χ1v) is 13.0. The molecule has 0 bridgehead atoms. The second kappa shape index (κ2) is 20.0. The van der Waals surface area contributed by atoms with Crippen LogP contribution in [0.5, 0.6) is 0 Å². The fourth-order valence-electron chi connectivity index (χ4n) is 3.18. The van der Waals surface area contributed by atoms with E-state index in [0.717, 1.165) is 0 Å². The topological polar surface area (TPSA) is 340 Å². The molecule has 0 aliphatic heterocycles. The number of amides is 6. The van der Waals surface area contributed by atoms with E-state index in [1.807, 2.05) is 5.32 Å². The van der Waals surface area contributed by atoms with E-state index in [1.54, 1.807) is 0 Å². The highest BCUT2D eigenvalue weighted by Gasteiger charge is 2.29. The quantitative estimate of drug-likeness (QED) is 0.0345. The fourth-order valence-corrected chi connectivity index (χ4v) is 3.18. The van der Waals surface area contributed by atoms with Gasteiger partial charge >= 0.3 is 11.9 Å². The Morgan fingerprint density at radius 2 is 1.23 bits per heavy atom. The molecule has 0 rings (SSSR count). The van der Waals surface area contributed by atoms with Gasteiger partial charge in [-0.05, 0) is 33.1 Å². The zero-order chi connectivity index (χ0) is 33.1. The molecular formula is C23H40N10O10. The number of aliphatic imine (C=N–C) groups is 1. The number of hydrogen-bond acceptors (Lipinski definition) is 10. The third kappa shape index (κ3) is 17.4. The van der Waals surface area contributed by atoms with Gasteiger partial charge in [-0.1, -0.05) is 0 Å². The molecule has 0 aromatic heterocycles. The summed E-state index contributed by atoms with van der Waals surface area (Å²) in [7, 11) is 0. The fraction of sp³-hybridized carbons (Fsp3) is 0.609. The predicted molar refractivity (Wildman–Crippen MR) is 149 cm³/mol. The van der Waals surface area contributed by atoms with E-state index in [2.05, 4.69) is 31.6 Å². The van der Waals surface area contributed by atoms with Crippen molar-refractivity contribution in [1.82, 2.24) is 31.9 Å². The Bertz CT molecular complexity index is 1060. The molecule has 0 saturated carbocycles. The van der Waals surface area contributed by atoms with Crippen molar-refractivity contribution in [1.29, 1.82) is 0 Å². The van der Waals surface area contributed by atoms with Crippen molar-refractivity contribution in [3.05, 3.63) is 0 Å². The summed E-state index contributed by atoms with van der Waals surface area (Å²) in [5.41, 5.74) is 15.8. The van der Waals surface area contributed by atoms with Gasteiger partial charge < -0.3 is 59.3 Å². The summed E-state index contributed by atoms with van der Waals surface area (Å²) in [6.45, 7) is 1.06. The lowest BCUT2D eigenvalue weighted by Gasteiger charge is -2.24. The Kier molecular flexibility index (Phi) is 17.6. The smallest absolute Gasteiger partial charge is 0.322 e. The summed E-state index contributed by atoms with van der Waals surface area (Å²) >= 11 is 0. The standard InChI is InChI=1S/C23H40N10O10/c1-11(19(40)29-9-16(35)28-10-18(38)39)30-22(43)14(5-6-17(36)37)33-20(41)12(2)31-21(42)13(32-15(34)8-24)4-3-7-27-23(25)26/h11-14H,3-10,24H2,1-2H3,(H,28,35)(H,29,40)(H,30,43)(H,31,42)(H,32,34)(H,33,41)(H,36,37)(H,38,39)(H4,25,26,27)/t11-,12-,13-,14-/m0/s1. The van der Waals surface area contributed by atoms with Gasteiger partial charge in [0.25, 0.3) is 0 Å². The van der Waals surface area contributed by atoms with Crippen molar-refractivity contribution in [2.75, 3.05) is 26.2 Å². The lowest BCUT2D eigenvalue weighted by atomic mass is 10.1. The Morgan fingerprint density at radius 1 is 0.674 bits per heavy atom. The molecule has 20 nitrogen and oxygen atoms in total. The van der Waals surface area contributed by atoms with E-state index in [4.69, 9.17) is 27.4 Å². The van der Waals surface area contributed by atoms with E-state index in [9.17, 15) is 38.4 Å². The van der Waals surface area contributed by atoms with Gasteiger partial charge in [0.15, 0.2) is 5.96 Å². The molecule has 43 heavy (non-hydrogen) atoms. The van der Waals surface area contributed by atoms with Gasteiger partial charge in [-0.3, -0.25) is 43.3 Å². The summed E-state index contributed by atoms with van der Waals surface area (Å²) in [4.78, 5) is 99.3. The molecule has 0 fully saturated rings. The molecule has 14 N–H and O–H groups in total. The van der Waals surface area contributed by atoms with Crippen molar-refractivity contribution in [2.45, 2.75) is 63.7 Å². The van der Waals surface area contributed by atoms with Crippen LogP contribution < -0.4 is 49.1 Å². The molecule has 0 aliphatic rings. The van der Waals surface area contributed by atoms with E-state index >= 15 is 0 Å². The Morgan fingerprint density at radius 3 is 1.74 bits per heavy atom. The number of nitrogens with zero attached hydrogens (tertiary/aromatic N) is 1. The summed E-state index contributed by atoms with van der Waals surface area (Å²) in [6.07, 6.45) is -0.531. The highest BCUT2D eigenvalue weighted by atomic mass is 16.4. The molecule has 0 aromatic rings. The van der Waals surface area contributed by atoms with Gasteiger partial charge in [-0.15, -0.1) is 0 Å². The number of aliphatic carboxylic acids is 2. The number of hydrogen-bond donors (Lipinski definition) is 11. The molecular weight excluding hydrogens is 576 g/mol. The van der Waals surface area contributed by atoms with Crippen LogP contribution in [-0.4, -0.2) is 114 Å². The lowest BCUT2D eigenvalue weighted by molar-refractivity contribution is -0.139. The minimum absolute atomic E-state index is 0.0908. The van der Waals surface area contributed by atoms with Crippen LogP contribution in [0.3, 0.4) is 0 Å². The molecule has 0 aromatic carbocycles. The Hall–Kier alpha value is -5.01. The summed E-state index contributed by atoms with van der Waals surface area (Å²) in [6, 6.07) is -5.04. The van der Waals surface area contributed by atoms with Crippen LogP contribution in [0.25, 0.3) is 0 Å². The number of carbonyl (C=O) groups excluding carboxylic acids is 6. The lowest BCUT2D eigenvalue weighted by Crippen LogP contribution is -2.57. The van der Waals surface area contributed by atoms with Crippen LogP contribution in [0, 0.1) is 0 Å². The largest absolute Gasteiger partial charge is 0.481 e. The Balaban J connectivity index is 5.29. The highest BCUT2D eigenvalue weighted by molar-refractivity contribution is 5.96. The van der Waals surface area contributed by atoms with Crippen LogP contribution in [0.2, 0.25) is 0 Å². The first-order valence-electron chi connectivity index (χ1n) is 13.0. The summed E-state index contributed by atoms with van der Waals surface area (Å²) in [5, 5.41) is 31.2. The molecule has 0 spiro atoms. The number of nitrogens with one attached hydrogen (secondary N) is 6. The van der Waals surface area contributed by atoms with Crippen molar-refractivity contribution in [3.63, 3.8) is 0 Å². The van der Waals surface area contributed by atoms with Crippen molar-refractivity contribution in [2.24, 2.45) is 22.2 Å². The monoisotopic (exact) mass is 616 g/mol. The summed E-state index contributed by atoms with van der Waals surface area (Å²) < 4.78 is 0. The average molecular weight is 617 g/mol. The van der Waals surface area contributed by atoms with Gasteiger partial charge in [-0.25, -0.2) is 0 Å². The highest BCUT2D eigenvalue weighted by Crippen LogP contribution is 2.03. The van der Waals surface area contributed by atoms with Gasteiger partial charge in [0, 0.05) is 13.0 Å². The molecule has 242 valence electrons. The average Bonchev–Trinajstić information content (AvgIpc) is 2.93. The first kappa shape index (κ1) is 38.0. The van der Waals surface area contributed by atoms with Crippen molar-refractivity contribution < 1.29 is 48.6 Å². The summed E-state index contributed by atoms with van der Waals surface area (Å²) in [5.74, 6) is -7.54. The number of carbonyl (C=O) groups is 8. The maximum absolute atomic E-state index is 12.8. The molecule has 6 amide bonds. The molecule has 0 heterocycles. The number of carboxylic acid groups (broad SMARTS) is 2. The Labute approximate surface area is 246 Å². The SMILES string of the molecule is C[C@H](NC(=O)[C@H](CCCN=C(N)N)NC(=O)CN)C(=O)N[C@@H](CCC(=O)O)C(=O)N[C@@H](C)C(=O)NCC(=O)NCC(=O)O. The predicted octanol–water partition coefficient (Wildman–Crippen LogP) is -5.84. The van der Waals surface area contributed by atoms with Gasteiger partial charge in [0.05, 0.1) is 13.1 Å². The zero-order valence-corrected chi connectivity index (χ0v) is 23.8. The third-order valence-corrected chi connectivity index (χ3v) is 5.43. The van der Waals surface area contributed by atoms with Crippen molar-refractivity contribution in [3.8, 4) is 0 Å². The maximum atomic E-state index is 12.8. The van der Waals surface area contributed by atoms with E-state index in [0.29, 0.717) is 0 Å². The third-order valence-electron chi connectivity index (χ3n) is 5.43. The molecule has 4 atom stereocenters. The molecule has 0 saturated heterocycles. The van der Waals surface area contributed by atoms with Crippen LogP contribution in [0.4, 0.5) is 0 Å². The minimum Gasteiger partial charge on any atom is -0.481 e. The first-order chi connectivity index (χ1) is 20.1.